The van der Waals surface area contributed by atoms with Crippen LogP contribution in [0.4, 0.5) is 0 Å². The van der Waals surface area contributed by atoms with Crippen molar-refractivity contribution in [1.29, 1.82) is 0 Å². The van der Waals surface area contributed by atoms with Crippen molar-refractivity contribution in [1.82, 2.24) is 9.97 Å². The van der Waals surface area contributed by atoms with E-state index >= 15 is 0 Å². The molecule has 4 nitrogen and oxygen atoms in total. The second kappa shape index (κ2) is 10.3. The number of unbranched alkanes of at least 4 members (excludes halogenated alkanes) is 3. The number of esters is 1. The van der Waals surface area contributed by atoms with Crippen LogP contribution in [-0.4, -0.2) is 21.3 Å². The highest BCUT2D eigenvalue weighted by molar-refractivity contribution is 6.30. The third kappa shape index (κ3) is 6.10. The van der Waals surface area contributed by atoms with Gasteiger partial charge < -0.3 is 4.74 Å². The summed E-state index contributed by atoms with van der Waals surface area (Å²) >= 11 is 6.02. The summed E-state index contributed by atoms with van der Waals surface area (Å²) in [6.07, 6.45) is 9.74. The number of nitrogens with zero attached hydrogens (tertiary/aromatic N) is 2. The lowest BCUT2D eigenvalue weighted by Crippen LogP contribution is -2.25. The fourth-order valence-electron chi connectivity index (χ4n) is 2.51. The summed E-state index contributed by atoms with van der Waals surface area (Å²) < 4.78 is 5.30. The first kappa shape index (κ1) is 20.4. The van der Waals surface area contributed by atoms with E-state index in [1.54, 1.807) is 12.1 Å². The molecule has 0 radical (unpaired) electrons. The van der Waals surface area contributed by atoms with Gasteiger partial charge >= 0.3 is 5.97 Å². The molecular formula is C21H27ClN2O2. The second-order valence-corrected chi connectivity index (χ2v) is 7.29. The molecule has 0 fully saturated rings. The smallest absolute Gasteiger partial charge is 0.329 e. The SMILES string of the molecule is CCCCCCc1cnc(-c2ccc(OC(=O)C(Cl)C(C)C)cc2)nc1. The van der Waals surface area contributed by atoms with Crippen LogP contribution in [0, 0.1) is 5.92 Å². The van der Waals surface area contributed by atoms with E-state index in [4.69, 9.17) is 16.3 Å². The van der Waals surface area contributed by atoms with Crippen LogP contribution in [0.15, 0.2) is 36.7 Å². The van der Waals surface area contributed by atoms with Crippen LogP contribution in [0.25, 0.3) is 11.4 Å². The summed E-state index contributed by atoms with van der Waals surface area (Å²) in [7, 11) is 0. The van der Waals surface area contributed by atoms with Crippen molar-refractivity contribution in [3.8, 4) is 17.1 Å². The van der Waals surface area contributed by atoms with E-state index in [9.17, 15) is 4.79 Å². The summed E-state index contributed by atoms with van der Waals surface area (Å²) in [6, 6.07) is 7.16. The first-order valence-corrected chi connectivity index (χ1v) is 9.72. The standard InChI is InChI=1S/C21H27ClN2O2/c1-4-5-6-7-8-16-13-23-20(24-14-16)17-9-11-18(12-10-17)26-21(25)19(22)15(2)3/h9-15,19H,4-8H2,1-3H3. The number of ether oxygens (including phenoxy) is 1. The lowest BCUT2D eigenvalue weighted by Gasteiger charge is -2.12. The molecule has 0 bridgehead atoms. The van der Waals surface area contributed by atoms with E-state index in [2.05, 4.69) is 16.9 Å². The minimum absolute atomic E-state index is 0.0253. The maximum atomic E-state index is 11.9. The molecule has 0 saturated heterocycles. The molecule has 0 spiro atoms. The van der Waals surface area contributed by atoms with Crippen molar-refractivity contribution < 1.29 is 9.53 Å². The number of alkyl halides is 1. The molecule has 1 unspecified atom stereocenters. The predicted octanol–water partition coefficient (Wildman–Crippen LogP) is 5.44. The van der Waals surface area contributed by atoms with E-state index in [1.807, 2.05) is 38.4 Å². The Hall–Kier alpha value is -1.94. The molecule has 1 atom stereocenters. The number of hydrogen-bond donors (Lipinski definition) is 0. The van der Waals surface area contributed by atoms with Crippen LogP contribution in [0.2, 0.25) is 0 Å². The molecule has 0 amide bonds. The Balaban J connectivity index is 1.94. The number of aromatic nitrogens is 2. The number of rotatable bonds is 9. The first-order valence-electron chi connectivity index (χ1n) is 9.28. The van der Waals surface area contributed by atoms with E-state index in [0.29, 0.717) is 11.6 Å². The van der Waals surface area contributed by atoms with Crippen LogP contribution < -0.4 is 4.74 Å². The lowest BCUT2D eigenvalue weighted by molar-refractivity contribution is -0.134. The van der Waals surface area contributed by atoms with E-state index in [0.717, 1.165) is 17.5 Å². The van der Waals surface area contributed by atoms with Gasteiger partial charge in [-0.2, -0.15) is 0 Å². The molecule has 2 rings (SSSR count). The van der Waals surface area contributed by atoms with Gasteiger partial charge in [-0.25, -0.2) is 9.97 Å². The van der Waals surface area contributed by atoms with Crippen LogP contribution in [0.5, 0.6) is 5.75 Å². The molecule has 1 heterocycles. The van der Waals surface area contributed by atoms with Gasteiger partial charge in [0.15, 0.2) is 5.82 Å². The average Bonchev–Trinajstić information content (AvgIpc) is 2.65. The molecule has 1 aromatic carbocycles. The molecule has 140 valence electrons. The third-order valence-electron chi connectivity index (χ3n) is 4.17. The van der Waals surface area contributed by atoms with Gasteiger partial charge in [0.25, 0.3) is 0 Å². The summed E-state index contributed by atoms with van der Waals surface area (Å²) in [5, 5.41) is -0.650. The molecule has 0 aliphatic carbocycles. The summed E-state index contributed by atoms with van der Waals surface area (Å²) in [4.78, 5) is 20.8. The minimum Gasteiger partial charge on any atom is -0.425 e. The number of halogens is 1. The minimum atomic E-state index is -0.650. The molecule has 5 heteroatoms. The lowest BCUT2D eigenvalue weighted by atomic mass is 10.1. The number of aryl methyl sites for hydroxylation is 1. The maximum Gasteiger partial charge on any atom is 0.329 e. The Labute approximate surface area is 161 Å². The van der Waals surface area contributed by atoms with Gasteiger partial charge in [-0.05, 0) is 48.6 Å². The summed E-state index contributed by atoms with van der Waals surface area (Å²) in [5.41, 5.74) is 2.05. The number of benzene rings is 1. The van der Waals surface area contributed by atoms with Gasteiger partial charge in [0, 0.05) is 18.0 Å². The van der Waals surface area contributed by atoms with Gasteiger partial charge in [0.2, 0.25) is 0 Å². The van der Waals surface area contributed by atoms with Gasteiger partial charge in [-0.15, -0.1) is 11.6 Å². The molecule has 0 aliphatic rings. The fraction of sp³-hybridized carbons (Fsp3) is 0.476. The average molecular weight is 375 g/mol. The van der Waals surface area contributed by atoms with E-state index < -0.39 is 11.3 Å². The summed E-state index contributed by atoms with van der Waals surface area (Å²) in [5.74, 6) is 0.727. The van der Waals surface area contributed by atoms with Crippen molar-refractivity contribution in [2.75, 3.05) is 0 Å². The van der Waals surface area contributed by atoms with Gasteiger partial charge in [0.05, 0.1) is 0 Å². The Morgan fingerprint density at radius 3 is 2.31 bits per heavy atom. The van der Waals surface area contributed by atoms with Crippen molar-refractivity contribution in [3.63, 3.8) is 0 Å². The third-order valence-corrected chi connectivity index (χ3v) is 4.85. The summed E-state index contributed by atoms with van der Waals surface area (Å²) in [6.45, 7) is 5.97. The van der Waals surface area contributed by atoms with E-state index in [1.165, 1.54) is 25.7 Å². The van der Waals surface area contributed by atoms with Crippen molar-refractivity contribution in [3.05, 3.63) is 42.2 Å². The highest BCUT2D eigenvalue weighted by Crippen LogP contribution is 2.21. The Morgan fingerprint density at radius 2 is 1.73 bits per heavy atom. The highest BCUT2D eigenvalue weighted by Gasteiger charge is 2.21. The number of carbonyl (C=O) groups is 1. The van der Waals surface area contributed by atoms with Gasteiger partial charge in [0.1, 0.15) is 11.1 Å². The zero-order valence-corrected chi connectivity index (χ0v) is 16.5. The first-order chi connectivity index (χ1) is 12.5. The van der Waals surface area contributed by atoms with Crippen molar-refractivity contribution in [2.45, 2.75) is 58.3 Å². The number of hydrogen-bond acceptors (Lipinski definition) is 4. The molecular weight excluding hydrogens is 348 g/mol. The molecule has 0 saturated carbocycles. The van der Waals surface area contributed by atoms with Crippen molar-refractivity contribution in [2.24, 2.45) is 5.92 Å². The zero-order valence-electron chi connectivity index (χ0n) is 15.7. The molecule has 1 aromatic heterocycles. The number of carbonyl (C=O) groups excluding carboxylic acids is 1. The van der Waals surface area contributed by atoms with Crippen molar-refractivity contribution >= 4 is 17.6 Å². The largest absolute Gasteiger partial charge is 0.425 e. The van der Waals surface area contributed by atoms with E-state index in [-0.39, 0.29) is 5.92 Å². The molecule has 0 N–H and O–H groups in total. The normalized spacial score (nSPS) is 12.2. The predicted molar refractivity (Wildman–Crippen MR) is 105 cm³/mol. The monoisotopic (exact) mass is 374 g/mol. The zero-order chi connectivity index (χ0) is 18.9. The Morgan fingerprint density at radius 1 is 1.08 bits per heavy atom. The van der Waals surface area contributed by atoms with Crippen LogP contribution in [0.1, 0.15) is 52.0 Å². The highest BCUT2D eigenvalue weighted by atomic mass is 35.5. The Kier molecular flexibility index (Phi) is 8.05. The fourth-order valence-corrected chi connectivity index (χ4v) is 2.55. The quantitative estimate of drug-likeness (QED) is 0.254. The second-order valence-electron chi connectivity index (χ2n) is 6.82. The molecule has 26 heavy (non-hydrogen) atoms. The van der Waals surface area contributed by atoms with Gasteiger partial charge in [-0.1, -0.05) is 40.0 Å². The van der Waals surface area contributed by atoms with Crippen LogP contribution in [0.3, 0.4) is 0 Å². The van der Waals surface area contributed by atoms with Crippen LogP contribution in [-0.2, 0) is 11.2 Å². The molecule has 0 aliphatic heterocycles. The van der Waals surface area contributed by atoms with Crippen LogP contribution >= 0.6 is 11.6 Å². The van der Waals surface area contributed by atoms with Gasteiger partial charge in [-0.3, -0.25) is 4.79 Å². The maximum absolute atomic E-state index is 11.9. The Bertz CT molecular complexity index is 684. The molecule has 2 aromatic rings. The topological polar surface area (TPSA) is 52.1 Å².